The molecule has 2 aliphatic carbocycles. The van der Waals surface area contributed by atoms with Crippen LogP contribution in [0.5, 0.6) is 0 Å². The largest absolute Gasteiger partial charge is 0.373 e. The number of benzene rings is 1. The maximum atomic E-state index is 12.6. The Morgan fingerprint density at radius 1 is 1.07 bits per heavy atom. The average Bonchev–Trinajstić information content (AvgIpc) is 3.38. The Hall–Kier alpha value is -2.39. The van der Waals surface area contributed by atoms with Crippen LogP contribution in [-0.2, 0) is 53.6 Å². The van der Waals surface area contributed by atoms with Crippen LogP contribution in [0.4, 0.5) is 10.5 Å². The van der Waals surface area contributed by atoms with Crippen molar-refractivity contribution in [3.05, 3.63) is 40.1 Å². The third-order valence-electron chi connectivity index (χ3n) is 5.78. The number of amides is 2. The maximum Gasteiger partial charge on any atom is 0.333 e. The van der Waals surface area contributed by atoms with E-state index in [1.54, 1.807) is 4.68 Å². The molecule has 0 saturated carbocycles. The summed E-state index contributed by atoms with van der Waals surface area (Å²) in [4.78, 5) is 12.5. The molecular weight excluding hydrogens is 380 g/mol. The van der Waals surface area contributed by atoms with Gasteiger partial charge < -0.3 is 10.1 Å². The van der Waals surface area contributed by atoms with Gasteiger partial charge in [0, 0.05) is 11.8 Å². The summed E-state index contributed by atoms with van der Waals surface area (Å²) < 4.78 is 34.2. The summed E-state index contributed by atoms with van der Waals surface area (Å²) in [5, 5.41) is 6.70. The molecule has 5 rings (SSSR count). The molecule has 0 fully saturated rings. The number of carbonyl (C=O) groups is 1. The van der Waals surface area contributed by atoms with Gasteiger partial charge in [-0.25, -0.2) is 9.52 Å². The Labute approximate surface area is 163 Å². The highest BCUT2D eigenvalue weighted by molar-refractivity contribution is 7.90. The minimum Gasteiger partial charge on any atom is -0.373 e. The van der Waals surface area contributed by atoms with Gasteiger partial charge in [-0.1, -0.05) is 0 Å². The zero-order valence-electron chi connectivity index (χ0n) is 15.5. The number of rotatable bonds is 3. The molecule has 2 aromatic rings. The lowest BCUT2D eigenvalue weighted by molar-refractivity contribution is 0.0799. The summed E-state index contributed by atoms with van der Waals surface area (Å²) in [7, 11) is -4.05. The molecule has 8 nitrogen and oxygen atoms in total. The molecule has 0 spiro atoms. The van der Waals surface area contributed by atoms with Gasteiger partial charge in [-0.05, 0) is 66.8 Å². The predicted octanol–water partition coefficient (Wildman–Crippen LogP) is 1.90. The van der Waals surface area contributed by atoms with E-state index < -0.39 is 16.1 Å². The summed E-state index contributed by atoms with van der Waals surface area (Å²) in [6.45, 7) is 1.31. The van der Waals surface area contributed by atoms with Crippen LogP contribution >= 0.6 is 0 Å². The summed E-state index contributed by atoms with van der Waals surface area (Å²) >= 11 is 0. The zero-order chi connectivity index (χ0) is 19.3. The van der Waals surface area contributed by atoms with Gasteiger partial charge in [-0.3, -0.25) is 4.68 Å². The third kappa shape index (κ3) is 2.98. The number of anilines is 1. The molecule has 9 heteroatoms. The first-order chi connectivity index (χ1) is 13.5. The number of ether oxygens (including phenoxy) is 1. The third-order valence-corrected chi connectivity index (χ3v) is 6.98. The molecule has 3 aliphatic rings. The summed E-state index contributed by atoms with van der Waals surface area (Å²) in [5.41, 5.74) is 6.65. The van der Waals surface area contributed by atoms with Crippen molar-refractivity contribution in [3.8, 4) is 0 Å². The summed E-state index contributed by atoms with van der Waals surface area (Å²) in [5.74, 6) is 0. The van der Waals surface area contributed by atoms with E-state index in [0.29, 0.717) is 25.5 Å². The van der Waals surface area contributed by atoms with E-state index in [1.807, 2.05) is 6.07 Å². The van der Waals surface area contributed by atoms with E-state index in [0.717, 1.165) is 49.8 Å². The zero-order valence-corrected chi connectivity index (χ0v) is 16.3. The van der Waals surface area contributed by atoms with Gasteiger partial charge in [-0.2, -0.15) is 13.5 Å². The number of sulfonamides is 1. The fourth-order valence-corrected chi connectivity index (χ4v) is 5.43. The molecule has 1 aromatic carbocycles. The van der Waals surface area contributed by atoms with Gasteiger partial charge in [0.05, 0.1) is 25.5 Å². The Balaban J connectivity index is 1.37. The molecule has 0 saturated heterocycles. The highest BCUT2D eigenvalue weighted by Crippen LogP contribution is 2.38. The Bertz CT molecular complexity index is 1050. The van der Waals surface area contributed by atoms with Gasteiger partial charge in [0.1, 0.15) is 0 Å². The van der Waals surface area contributed by atoms with Crippen molar-refractivity contribution in [2.75, 3.05) is 11.9 Å². The second-order valence-electron chi connectivity index (χ2n) is 7.54. The van der Waals surface area contributed by atoms with Gasteiger partial charge in [0.25, 0.3) is 10.0 Å². The smallest absolute Gasteiger partial charge is 0.333 e. The van der Waals surface area contributed by atoms with Crippen LogP contribution in [0.15, 0.2) is 17.2 Å². The van der Waals surface area contributed by atoms with Crippen LogP contribution in [0.1, 0.15) is 40.8 Å². The van der Waals surface area contributed by atoms with Gasteiger partial charge in [0.2, 0.25) is 0 Å². The summed E-state index contributed by atoms with van der Waals surface area (Å²) in [6.07, 6.45) is 6.28. The molecular formula is C19H22N4O4S. The highest BCUT2D eigenvalue weighted by Gasteiger charge is 2.27. The van der Waals surface area contributed by atoms with E-state index in [4.69, 9.17) is 4.74 Å². The van der Waals surface area contributed by atoms with Crippen LogP contribution in [0.3, 0.4) is 0 Å². The second-order valence-corrected chi connectivity index (χ2v) is 9.16. The number of urea groups is 1. The molecule has 0 bridgehead atoms. The number of hydrogen-bond acceptors (Lipinski definition) is 5. The van der Waals surface area contributed by atoms with Crippen LogP contribution in [-0.4, -0.2) is 30.8 Å². The fourth-order valence-electron chi connectivity index (χ4n) is 4.54. The fraction of sp³-hybridized carbons (Fsp3) is 0.474. The topological polar surface area (TPSA) is 102 Å². The Morgan fingerprint density at radius 3 is 2.71 bits per heavy atom. The van der Waals surface area contributed by atoms with Crippen LogP contribution in [0.2, 0.25) is 0 Å². The lowest BCUT2D eigenvalue weighted by Gasteiger charge is -2.15. The minimum absolute atomic E-state index is 0.165. The molecule has 28 heavy (non-hydrogen) atoms. The Morgan fingerprint density at radius 2 is 1.86 bits per heavy atom. The van der Waals surface area contributed by atoms with Gasteiger partial charge >= 0.3 is 6.03 Å². The quantitative estimate of drug-likeness (QED) is 0.816. The standard InChI is InChI=1S/C19H22N4O4S/c24-19(22-28(25,26)18-10-13-11-27-8-7-23(13)21-18)20-17-9-12-3-1-4-14(12)15-5-2-6-16(15)17/h9-10H,1-8,11H2,(H2,20,22,24). The first kappa shape index (κ1) is 17.7. The lowest BCUT2D eigenvalue weighted by Crippen LogP contribution is -2.35. The molecule has 2 amide bonds. The normalized spacial score (nSPS) is 17.7. The van der Waals surface area contributed by atoms with Crippen LogP contribution < -0.4 is 10.0 Å². The van der Waals surface area contributed by atoms with Crippen molar-refractivity contribution >= 4 is 21.7 Å². The number of aryl methyl sites for hydroxylation is 1. The molecule has 0 unspecified atom stereocenters. The molecule has 0 radical (unpaired) electrons. The van der Waals surface area contributed by atoms with Gasteiger partial charge in [-0.15, -0.1) is 0 Å². The van der Waals surface area contributed by atoms with Crippen LogP contribution in [0, 0.1) is 0 Å². The first-order valence-electron chi connectivity index (χ1n) is 9.66. The van der Waals surface area contributed by atoms with Crippen molar-refractivity contribution in [1.29, 1.82) is 0 Å². The lowest BCUT2D eigenvalue weighted by atomic mass is 9.98. The van der Waals surface area contributed by atoms with E-state index in [1.165, 1.54) is 22.8 Å². The number of nitrogens with zero attached hydrogens (tertiary/aromatic N) is 2. The van der Waals surface area contributed by atoms with Gasteiger partial charge in [0.15, 0.2) is 5.03 Å². The minimum atomic E-state index is -4.05. The number of hydrogen-bond donors (Lipinski definition) is 2. The number of fused-ring (bicyclic) bond motifs is 4. The number of aromatic nitrogens is 2. The Kier molecular flexibility index (Phi) is 4.17. The SMILES string of the molecule is O=C(Nc1cc2c(c3c1CCC3)CCC2)NS(=O)(=O)c1cc2n(n1)CCOC2. The van der Waals surface area contributed by atoms with Crippen molar-refractivity contribution in [3.63, 3.8) is 0 Å². The molecule has 2 heterocycles. The summed E-state index contributed by atoms with van der Waals surface area (Å²) in [6, 6.07) is 2.71. The predicted molar refractivity (Wildman–Crippen MR) is 102 cm³/mol. The van der Waals surface area contributed by atoms with Crippen molar-refractivity contribution in [2.45, 2.75) is 56.7 Å². The molecule has 0 atom stereocenters. The van der Waals surface area contributed by atoms with E-state index in [9.17, 15) is 13.2 Å². The second kappa shape index (κ2) is 6.59. The molecule has 1 aromatic heterocycles. The monoisotopic (exact) mass is 402 g/mol. The highest BCUT2D eigenvalue weighted by atomic mass is 32.2. The number of nitrogens with one attached hydrogen (secondary N) is 2. The van der Waals surface area contributed by atoms with Crippen molar-refractivity contribution < 1.29 is 17.9 Å². The molecule has 1 aliphatic heterocycles. The number of carbonyl (C=O) groups excluding carboxylic acids is 1. The van der Waals surface area contributed by atoms with E-state index in [-0.39, 0.29) is 5.03 Å². The van der Waals surface area contributed by atoms with Crippen LogP contribution in [0.25, 0.3) is 0 Å². The molecule has 148 valence electrons. The van der Waals surface area contributed by atoms with E-state index in [2.05, 4.69) is 15.1 Å². The van der Waals surface area contributed by atoms with E-state index >= 15 is 0 Å². The maximum absolute atomic E-state index is 12.6. The van der Waals surface area contributed by atoms with Crippen molar-refractivity contribution in [2.24, 2.45) is 0 Å². The average molecular weight is 402 g/mol. The van der Waals surface area contributed by atoms with Crippen molar-refractivity contribution in [1.82, 2.24) is 14.5 Å². The molecule has 2 N–H and O–H groups in total. The first-order valence-corrected chi connectivity index (χ1v) is 11.1.